The minimum absolute atomic E-state index is 0.00690. The van der Waals surface area contributed by atoms with E-state index in [0.717, 1.165) is 0 Å². The number of amidine groups is 1. The number of nitrogens with zero attached hydrogens (tertiary/aromatic N) is 18. The summed E-state index contributed by atoms with van der Waals surface area (Å²) in [4.78, 5) is 81.5. The Bertz CT molecular complexity index is 4960. The van der Waals surface area contributed by atoms with Crippen molar-refractivity contribution in [3.05, 3.63) is 174 Å². The molecule has 0 saturated heterocycles. The van der Waals surface area contributed by atoms with E-state index in [1.807, 2.05) is 0 Å². The summed E-state index contributed by atoms with van der Waals surface area (Å²) in [5, 5.41) is 35.7. The van der Waals surface area contributed by atoms with E-state index in [-0.39, 0.29) is 112 Å². The van der Waals surface area contributed by atoms with Gasteiger partial charge in [0.1, 0.15) is 79.0 Å². The molecule has 0 saturated carbocycles. The van der Waals surface area contributed by atoms with Gasteiger partial charge in [-0.1, -0.05) is 0 Å². The highest BCUT2D eigenvalue weighted by molar-refractivity contribution is 14.1. The van der Waals surface area contributed by atoms with Gasteiger partial charge in [-0.15, -0.1) is 0 Å². The quantitative estimate of drug-likeness (QED) is 0.0153. The zero-order valence-electron chi connectivity index (χ0n) is 53.6. The van der Waals surface area contributed by atoms with Gasteiger partial charge < -0.3 is 26.8 Å². The summed E-state index contributed by atoms with van der Waals surface area (Å²) in [7, 11) is 1.24. The first-order valence-corrected chi connectivity index (χ1v) is 30.4. The van der Waals surface area contributed by atoms with E-state index >= 15 is 0 Å². The summed E-state index contributed by atoms with van der Waals surface area (Å²) in [6, 6.07) is 13.0. The zero-order valence-corrected chi connectivity index (χ0v) is 55.8. The lowest BCUT2D eigenvalue weighted by Gasteiger charge is -2.17. The van der Waals surface area contributed by atoms with Crippen molar-refractivity contribution in [1.29, 1.82) is 10.7 Å². The standard InChI is InChI=1S/C21H16F2IN7O.C21H18F2N8O.C14H12F2N6.C8H10N2O2/c2*1-9-12(23)7-10-15(18-27-16(24)14-17(28-18)29-20(32)21(14,2)3)30-31(19(10)26-9)8-13-11(22)5-4-6-25-13;1-7-10(16)5-8-12(13(17)18)21-22(14(8)20-7)6-11-9(15)3-2-4-19-11;1-8(2,7(11)12-4)6(5-9)10-3/h4-7H,8H2,1-3H3,(H,27,28,29,32);4-7H,8H2,1-3H3,(H3,24,27,28,29,32);2-5H,6H2,1H3,(H3,17,18);6H,1-2,4H3. The zero-order chi connectivity index (χ0) is 71.2. The van der Waals surface area contributed by atoms with Gasteiger partial charge in [0.15, 0.2) is 40.1 Å². The predicted octanol–water partition coefficient (Wildman–Crippen LogP) is 9.22. The lowest BCUT2D eigenvalue weighted by Crippen LogP contribution is -2.35. The van der Waals surface area contributed by atoms with Crippen molar-refractivity contribution in [2.75, 3.05) is 23.5 Å². The van der Waals surface area contributed by atoms with Crippen molar-refractivity contribution < 1.29 is 45.5 Å². The third-order valence-electron chi connectivity index (χ3n) is 15.9. The Morgan fingerprint density at radius 1 is 0.663 bits per heavy atom. The van der Waals surface area contributed by atoms with E-state index < -0.39 is 63.2 Å². The van der Waals surface area contributed by atoms with Crippen LogP contribution in [0.15, 0.2) is 73.2 Å². The third-order valence-corrected chi connectivity index (χ3v) is 16.7. The number of carbonyl (C=O) groups is 3. The number of hydrogen-bond donors (Lipinski definition) is 5. The second-order valence-electron chi connectivity index (χ2n) is 23.8. The van der Waals surface area contributed by atoms with Crippen LogP contribution in [0.5, 0.6) is 0 Å². The molecule has 2 aliphatic heterocycles. The number of aryl methyl sites for hydroxylation is 3. The Labute approximate surface area is 566 Å². The normalized spacial score (nSPS) is 13.5. The fraction of sp³-hybridized carbons (Fsp3) is 0.266. The SMILES string of the molecule is Cc1nc2c(cc1F)c(-c1nc(I)c3c(n1)NC(=O)C3(C)C)nn2Cc1ncccc1F.Cc1nc2c(cc1F)c(-c1nc(N)c3c(n1)NC(=O)C3(C)C)nn2Cc1ncccc1F.Cc1nc2c(cc1F)c(C(=N)N)nn2Cc1ncccc1F.[C-]#[N+]C(C#N)C(C)(C)C(=O)OC. The highest BCUT2D eigenvalue weighted by Crippen LogP contribution is 2.42. The number of nitrogens with two attached hydrogens (primary N) is 2. The maximum atomic E-state index is 14.4. The highest BCUT2D eigenvalue weighted by atomic mass is 127. The molecule has 98 heavy (non-hydrogen) atoms. The molecule has 11 aromatic rings. The van der Waals surface area contributed by atoms with Crippen LogP contribution in [0.2, 0.25) is 0 Å². The molecule has 0 aliphatic carbocycles. The number of halogens is 7. The minimum atomic E-state index is -1.05. The Hall–Kier alpha value is -11.6. The van der Waals surface area contributed by atoms with Crippen LogP contribution < -0.4 is 22.1 Å². The number of nitrogen functional groups attached to an aromatic ring is 2. The van der Waals surface area contributed by atoms with Crippen molar-refractivity contribution in [3.63, 3.8) is 0 Å². The molecule has 13 heterocycles. The van der Waals surface area contributed by atoms with Crippen molar-refractivity contribution in [2.24, 2.45) is 11.1 Å². The van der Waals surface area contributed by atoms with Gasteiger partial charge in [0.2, 0.25) is 11.8 Å². The summed E-state index contributed by atoms with van der Waals surface area (Å²) in [6.45, 7) is 21.3. The fourth-order valence-electron chi connectivity index (χ4n) is 10.3. The van der Waals surface area contributed by atoms with Crippen molar-refractivity contribution in [3.8, 4) is 29.1 Å². The predicted molar refractivity (Wildman–Crippen MR) is 352 cm³/mol. The number of esters is 1. The third kappa shape index (κ3) is 13.1. The summed E-state index contributed by atoms with van der Waals surface area (Å²) >= 11 is 2.05. The second kappa shape index (κ2) is 26.9. The van der Waals surface area contributed by atoms with E-state index in [1.165, 1.54) is 122 Å². The molecular formula is C64H56F6IN23O4. The van der Waals surface area contributed by atoms with Crippen LogP contribution in [0.1, 0.15) is 92.5 Å². The Morgan fingerprint density at radius 3 is 1.45 bits per heavy atom. The van der Waals surface area contributed by atoms with E-state index in [2.05, 4.69) is 108 Å². The minimum Gasteiger partial charge on any atom is -0.468 e. The fourth-order valence-corrected chi connectivity index (χ4v) is 11.5. The number of ether oxygens (including phenoxy) is 1. The van der Waals surface area contributed by atoms with Crippen LogP contribution in [0.3, 0.4) is 0 Å². The monoisotopic (exact) mass is 1450 g/mol. The molecule has 1 atom stereocenters. The molecule has 0 aromatic carbocycles. The molecule has 0 fully saturated rings. The molecule has 2 amide bonds. The molecule has 27 nitrogen and oxygen atoms in total. The molecule has 500 valence electrons. The van der Waals surface area contributed by atoms with E-state index in [0.29, 0.717) is 53.7 Å². The van der Waals surface area contributed by atoms with E-state index in [1.54, 1.807) is 40.7 Å². The van der Waals surface area contributed by atoms with Gasteiger partial charge in [-0.3, -0.25) is 39.6 Å². The summed E-state index contributed by atoms with van der Waals surface area (Å²) in [5.74, 6) is -3.20. The number of fused-ring (bicyclic) bond motifs is 5. The van der Waals surface area contributed by atoms with Crippen LogP contribution in [0.25, 0.3) is 61.0 Å². The molecule has 0 spiro atoms. The molecular weight excluding hydrogens is 1400 g/mol. The lowest BCUT2D eigenvalue weighted by atomic mass is 9.86. The van der Waals surface area contributed by atoms with Crippen LogP contribution in [-0.2, 0) is 49.6 Å². The number of amides is 2. The van der Waals surface area contributed by atoms with Gasteiger partial charge in [-0.05, 0) is 140 Å². The van der Waals surface area contributed by atoms with E-state index in [9.17, 15) is 40.7 Å². The van der Waals surface area contributed by atoms with E-state index in [4.69, 9.17) is 28.7 Å². The molecule has 34 heteroatoms. The topological polar surface area (TPSA) is 371 Å². The molecule has 13 rings (SSSR count). The van der Waals surface area contributed by atoms with Gasteiger partial charge in [-0.2, -0.15) is 20.6 Å². The average Bonchev–Trinajstić information content (AvgIpc) is 1.59. The largest absolute Gasteiger partial charge is 0.468 e. The number of rotatable bonds is 11. The number of anilines is 3. The highest BCUT2D eigenvalue weighted by Gasteiger charge is 2.45. The molecule has 7 N–H and O–H groups in total. The van der Waals surface area contributed by atoms with Gasteiger partial charge in [0.05, 0.1) is 93.5 Å². The van der Waals surface area contributed by atoms with Crippen LogP contribution in [-0.4, -0.2) is 116 Å². The maximum Gasteiger partial charge on any atom is 0.322 e. The number of methoxy groups -OCH3 is 1. The van der Waals surface area contributed by atoms with Crippen LogP contribution >= 0.6 is 22.6 Å². The molecule has 0 radical (unpaired) electrons. The summed E-state index contributed by atoms with van der Waals surface area (Å²) in [6.07, 6.45) is 4.42. The number of carbonyl (C=O) groups excluding carboxylic acids is 3. The molecule has 2 aliphatic rings. The van der Waals surface area contributed by atoms with Gasteiger partial charge in [-0.25, -0.2) is 81.8 Å². The van der Waals surface area contributed by atoms with Crippen molar-refractivity contribution in [2.45, 2.75) is 98.8 Å². The smallest absolute Gasteiger partial charge is 0.322 e. The molecule has 11 aromatic heterocycles. The maximum absolute atomic E-state index is 14.4. The Balaban J connectivity index is 0.000000149. The van der Waals surface area contributed by atoms with Crippen LogP contribution in [0.4, 0.5) is 43.8 Å². The van der Waals surface area contributed by atoms with Crippen molar-refractivity contribution in [1.82, 2.24) is 79.2 Å². The number of aromatic nitrogens is 16. The van der Waals surface area contributed by atoms with Gasteiger partial charge in [0.25, 0.3) is 0 Å². The lowest BCUT2D eigenvalue weighted by molar-refractivity contribution is -0.150. The second-order valence-corrected chi connectivity index (χ2v) is 24.8. The summed E-state index contributed by atoms with van der Waals surface area (Å²) < 4.78 is 94.0. The Morgan fingerprint density at radius 2 is 1.05 bits per heavy atom. The Kier molecular flexibility index (Phi) is 19.0. The van der Waals surface area contributed by atoms with Crippen LogP contribution in [0, 0.1) is 88.1 Å². The van der Waals surface area contributed by atoms with Gasteiger partial charge in [0, 0.05) is 24.2 Å². The number of nitriles is 1. The average molecular weight is 1450 g/mol. The molecule has 0 bridgehead atoms. The summed E-state index contributed by atoms with van der Waals surface area (Å²) in [5.41, 5.74) is 12.7. The molecule has 1 unspecified atom stereocenters. The first-order valence-electron chi connectivity index (χ1n) is 29.3. The van der Waals surface area contributed by atoms with Crippen molar-refractivity contribution >= 4 is 96.8 Å². The number of hydrogen-bond acceptors (Lipinski definition) is 20. The first-order chi connectivity index (χ1) is 46.3. The first kappa shape index (κ1) is 69.3. The number of pyridine rings is 6. The number of nitrogens with one attached hydrogen (secondary N) is 3. The van der Waals surface area contributed by atoms with Gasteiger partial charge >= 0.3 is 12.0 Å².